The lowest BCUT2D eigenvalue weighted by atomic mass is 10.1. The molecule has 1 aliphatic rings. The van der Waals surface area contributed by atoms with E-state index in [2.05, 4.69) is 28.5 Å². The van der Waals surface area contributed by atoms with Crippen LogP contribution in [0.2, 0.25) is 5.02 Å². The van der Waals surface area contributed by atoms with Crippen LogP contribution in [0.5, 0.6) is 0 Å². The van der Waals surface area contributed by atoms with E-state index in [1.165, 1.54) is 17.5 Å². The lowest BCUT2D eigenvalue weighted by Gasteiger charge is -2.27. The highest BCUT2D eigenvalue weighted by atomic mass is 35.5. The molecule has 1 aromatic heterocycles. The van der Waals surface area contributed by atoms with Gasteiger partial charge in [0, 0.05) is 29.5 Å². The molecule has 0 saturated carbocycles. The number of rotatable bonds is 2. The summed E-state index contributed by atoms with van der Waals surface area (Å²) < 4.78 is 0. The van der Waals surface area contributed by atoms with Crippen LogP contribution in [0, 0.1) is 0 Å². The first kappa shape index (κ1) is 13.6. The molecule has 0 amide bonds. The van der Waals surface area contributed by atoms with Crippen molar-refractivity contribution in [1.29, 1.82) is 0 Å². The highest BCUT2D eigenvalue weighted by Gasteiger charge is 2.17. The Morgan fingerprint density at radius 2 is 2.06 bits per heavy atom. The Kier molecular flexibility index (Phi) is 4.44. The molecule has 18 heavy (non-hydrogen) atoms. The van der Waals surface area contributed by atoms with Crippen LogP contribution in [0.4, 0.5) is 0 Å². The van der Waals surface area contributed by atoms with Gasteiger partial charge < -0.3 is 0 Å². The van der Waals surface area contributed by atoms with Gasteiger partial charge in [-0.25, -0.2) is 0 Å². The topological polar surface area (TPSA) is 3.24 Å². The zero-order valence-electron chi connectivity index (χ0n) is 9.53. The SMILES string of the molecule is C.Clc1ccccc1CN1CCc2sccc2C1. The second-order valence-corrected chi connectivity index (χ2v) is 5.83. The summed E-state index contributed by atoms with van der Waals surface area (Å²) in [5, 5.41) is 3.08. The fraction of sp³-hybridized carbons (Fsp3) is 0.333. The van der Waals surface area contributed by atoms with Crippen molar-refractivity contribution in [3.63, 3.8) is 0 Å². The Bertz CT molecular complexity index is 521. The fourth-order valence-corrected chi connectivity index (χ4v) is 3.39. The second-order valence-electron chi connectivity index (χ2n) is 4.42. The molecule has 1 aromatic carbocycles. The van der Waals surface area contributed by atoms with E-state index in [0.29, 0.717) is 0 Å². The Balaban J connectivity index is 0.00000120. The van der Waals surface area contributed by atoms with Crippen molar-refractivity contribution in [3.05, 3.63) is 56.7 Å². The van der Waals surface area contributed by atoms with Crippen LogP contribution >= 0.6 is 22.9 Å². The van der Waals surface area contributed by atoms with Crippen molar-refractivity contribution in [1.82, 2.24) is 4.90 Å². The van der Waals surface area contributed by atoms with E-state index >= 15 is 0 Å². The second kappa shape index (κ2) is 5.87. The lowest BCUT2D eigenvalue weighted by Crippen LogP contribution is -2.29. The third-order valence-electron chi connectivity index (χ3n) is 3.24. The number of nitrogens with zero attached hydrogens (tertiary/aromatic N) is 1. The van der Waals surface area contributed by atoms with E-state index in [1.54, 1.807) is 4.88 Å². The van der Waals surface area contributed by atoms with Gasteiger partial charge in [-0.05, 0) is 35.1 Å². The van der Waals surface area contributed by atoms with Crippen LogP contribution in [-0.4, -0.2) is 11.4 Å². The van der Waals surface area contributed by atoms with Crippen LogP contribution in [0.15, 0.2) is 35.7 Å². The summed E-state index contributed by atoms with van der Waals surface area (Å²) in [6.45, 7) is 3.15. The van der Waals surface area contributed by atoms with Crippen molar-refractivity contribution >= 4 is 22.9 Å². The molecular weight excluding hydrogens is 262 g/mol. The van der Waals surface area contributed by atoms with E-state index in [4.69, 9.17) is 11.6 Å². The molecule has 0 radical (unpaired) electrons. The maximum Gasteiger partial charge on any atom is 0.0451 e. The normalized spacial score (nSPS) is 14.9. The minimum Gasteiger partial charge on any atom is -0.294 e. The quantitative estimate of drug-likeness (QED) is 0.777. The Morgan fingerprint density at radius 3 is 2.89 bits per heavy atom. The average Bonchev–Trinajstić information content (AvgIpc) is 2.79. The summed E-state index contributed by atoms with van der Waals surface area (Å²) in [5.41, 5.74) is 2.72. The van der Waals surface area contributed by atoms with Gasteiger partial charge in [-0.1, -0.05) is 37.2 Å². The highest BCUT2D eigenvalue weighted by molar-refractivity contribution is 7.10. The van der Waals surface area contributed by atoms with Gasteiger partial charge in [0.15, 0.2) is 0 Å². The molecule has 0 aliphatic carbocycles. The van der Waals surface area contributed by atoms with E-state index in [-0.39, 0.29) is 7.43 Å². The first-order chi connectivity index (χ1) is 8.33. The van der Waals surface area contributed by atoms with Gasteiger partial charge in [0.2, 0.25) is 0 Å². The summed E-state index contributed by atoms with van der Waals surface area (Å²) in [4.78, 5) is 4.02. The highest BCUT2D eigenvalue weighted by Crippen LogP contribution is 2.26. The number of hydrogen-bond acceptors (Lipinski definition) is 2. The standard InChI is InChI=1S/C14H14ClNS.CH4/c15-13-4-2-1-3-11(13)9-16-7-5-14-12(10-16)6-8-17-14;/h1-4,6,8H,5,7,9-10H2;1H4. The molecule has 0 bridgehead atoms. The van der Waals surface area contributed by atoms with Gasteiger partial charge in [-0.3, -0.25) is 4.90 Å². The number of hydrogen-bond donors (Lipinski definition) is 0. The third kappa shape index (κ3) is 2.77. The van der Waals surface area contributed by atoms with E-state index in [9.17, 15) is 0 Å². The molecule has 96 valence electrons. The minimum absolute atomic E-state index is 0. The molecule has 0 fully saturated rings. The molecule has 1 aliphatic heterocycles. The van der Waals surface area contributed by atoms with Crippen LogP contribution in [0.1, 0.15) is 23.4 Å². The van der Waals surface area contributed by atoms with Gasteiger partial charge >= 0.3 is 0 Å². The van der Waals surface area contributed by atoms with Gasteiger partial charge in [-0.2, -0.15) is 0 Å². The molecule has 0 spiro atoms. The Hall–Kier alpha value is -0.830. The summed E-state index contributed by atoms with van der Waals surface area (Å²) in [6, 6.07) is 10.4. The van der Waals surface area contributed by atoms with Crippen molar-refractivity contribution < 1.29 is 0 Å². The average molecular weight is 280 g/mol. The predicted octanol–water partition coefficient (Wildman–Crippen LogP) is 4.60. The van der Waals surface area contributed by atoms with Gasteiger partial charge in [0.25, 0.3) is 0 Å². The Labute approximate surface area is 118 Å². The summed E-state index contributed by atoms with van der Waals surface area (Å²) in [5.74, 6) is 0. The van der Waals surface area contributed by atoms with Crippen LogP contribution in [0.25, 0.3) is 0 Å². The first-order valence-electron chi connectivity index (χ1n) is 5.84. The van der Waals surface area contributed by atoms with E-state index in [0.717, 1.165) is 24.7 Å². The molecule has 2 aromatic rings. The molecule has 0 N–H and O–H groups in total. The summed E-state index contributed by atoms with van der Waals surface area (Å²) in [6.07, 6.45) is 1.18. The van der Waals surface area contributed by atoms with Gasteiger partial charge in [-0.15, -0.1) is 11.3 Å². The van der Waals surface area contributed by atoms with Crippen LogP contribution in [-0.2, 0) is 19.5 Å². The Morgan fingerprint density at radius 1 is 1.22 bits per heavy atom. The molecule has 0 unspecified atom stereocenters. The lowest BCUT2D eigenvalue weighted by molar-refractivity contribution is 0.247. The van der Waals surface area contributed by atoms with Crippen molar-refractivity contribution in [2.24, 2.45) is 0 Å². The molecule has 0 saturated heterocycles. The van der Waals surface area contributed by atoms with E-state index < -0.39 is 0 Å². The predicted molar refractivity (Wildman–Crippen MR) is 80.3 cm³/mol. The molecule has 2 heterocycles. The van der Waals surface area contributed by atoms with Crippen molar-refractivity contribution in [2.75, 3.05) is 6.54 Å². The third-order valence-corrected chi connectivity index (χ3v) is 4.63. The molecule has 1 nitrogen and oxygen atoms in total. The van der Waals surface area contributed by atoms with Crippen molar-refractivity contribution in [3.8, 4) is 0 Å². The first-order valence-corrected chi connectivity index (χ1v) is 7.10. The maximum absolute atomic E-state index is 6.20. The number of fused-ring (bicyclic) bond motifs is 1. The summed E-state index contributed by atoms with van der Waals surface area (Å²) in [7, 11) is 0. The zero-order chi connectivity index (χ0) is 11.7. The smallest absolute Gasteiger partial charge is 0.0451 e. The number of halogens is 1. The minimum atomic E-state index is 0. The zero-order valence-corrected chi connectivity index (χ0v) is 11.1. The monoisotopic (exact) mass is 279 g/mol. The summed E-state index contributed by atoms with van der Waals surface area (Å²) >= 11 is 8.08. The molecule has 3 rings (SSSR count). The number of thiophene rings is 1. The van der Waals surface area contributed by atoms with Crippen LogP contribution < -0.4 is 0 Å². The molecular formula is C15H18ClNS. The van der Waals surface area contributed by atoms with Gasteiger partial charge in [0.1, 0.15) is 0 Å². The maximum atomic E-state index is 6.20. The van der Waals surface area contributed by atoms with E-state index in [1.807, 2.05) is 23.5 Å². The van der Waals surface area contributed by atoms with Crippen LogP contribution in [0.3, 0.4) is 0 Å². The largest absolute Gasteiger partial charge is 0.294 e. The fourth-order valence-electron chi connectivity index (χ4n) is 2.31. The van der Waals surface area contributed by atoms with Crippen molar-refractivity contribution in [2.45, 2.75) is 26.9 Å². The molecule has 0 atom stereocenters. The molecule has 3 heteroatoms. The van der Waals surface area contributed by atoms with Gasteiger partial charge in [0.05, 0.1) is 0 Å². The number of benzene rings is 1.